The maximum atomic E-state index is 5.50. The van der Waals surface area contributed by atoms with E-state index < -0.39 is 0 Å². The highest BCUT2D eigenvalue weighted by Gasteiger charge is 2.11. The second-order valence-corrected chi connectivity index (χ2v) is 5.51. The summed E-state index contributed by atoms with van der Waals surface area (Å²) in [6.45, 7) is 1.35. The molecule has 2 rings (SSSR count). The monoisotopic (exact) mass is 316 g/mol. The van der Waals surface area contributed by atoms with Gasteiger partial charge in [-0.3, -0.25) is 0 Å². The van der Waals surface area contributed by atoms with Crippen molar-refractivity contribution in [3.8, 4) is 0 Å². The van der Waals surface area contributed by atoms with E-state index in [4.69, 9.17) is 4.42 Å². The van der Waals surface area contributed by atoms with Crippen molar-refractivity contribution in [1.82, 2.24) is 15.5 Å². The van der Waals surface area contributed by atoms with Crippen molar-refractivity contribution in [3.05, 3.63) is 26.7 Å². The molecule has 0 aliphatic rings. The molecule has 0 saturated carbocycles. The average molecular weight is 317 g/mol. The van der Waals surface area contributed by atoms with Crippen molar-refractivity contribution >= 4 is 33.3 Å². The molecule has 5 nitrogen and oxygen atoms in total. The number of rotatable bonds is 5. The van der Waals surface area contributed by atoms with Crippen LogP contribution in [-0.4, -0.2) is 24.3 Å². The highest BCUT2D eigenvalue weighted by molar-refractivity contribution is 9.10. The van der Waals surface area contributed by atoms with E-state index in [0.29, 0.717) is 18.5 Å². The van der Waals surface area contributed by atoms with Crippen LogP contribution in [0.5, 0.6) is 0 Å². The fourth-order valence-corrected chi connectivity index (χ4v) is 2.86. The topological polar surface area (TPSA) is 54.2 Å². The molecule has 17 heavy (non-hydrogen) atoms. The predicted molar refractivity (Wildman–Crippen MR) is 71.2 cm³/mol. The largest absolute Gasteiger partial charge is 0.407 e. The molecule has 0 radical (unpaired) electrons. The summed E-state index contributed by atoms with van der Waals surface area (Å²) in [6, 6.07) is 2.63. The molecule has 0 aliphatic heterocycles. The molecule has 92 valence electrons. The Morgan fingerprint density at radius 2 is 2.35 bits per heavy atom. The van der Waals surface area contributed by atoms with Gasteiger partial charge in [0.1, 0.15) is 0 Å². The standard InChI is InChI=1S/C10H13BrN4OS/c1-12-4-9-13-14-10(16-9)15(2)5-8-3-7(11)6-17-8/h3,6,12H,4-5H2,1-2H3. The Bertz CT molecular complexity index is 484. The van der Waals surface area contributed by atoms with E-state index in [9.17, 15) is 0 Å². The fourth-order valence-electron chi connectivity index (χ4n) is 1.36. The van der Waals surface area contributed by atoms with E-state index in [1.807, 2.05) is 19.0 Å². The number of anilines is 1. The first kappa shape index (κ1) is 12.5. The SMILES string of the molecule is CNCc1nnc(N(C)Cc2cc(Br)cs2)o1. The Hall–Kier alpha value is -0.920. The third-order valence-corrected chi connectivity index (χ3v) is 3.81. The van der Waals surface area contributed by atoms with Gasteiger partial charge in [-0.05, 0) is 29.0 Å². The molecule has 1 N–H and O–H groups in total. The van der Waals surface area contributed by atoms with Crippen LogP contribution < -0.4 is 10.2 Å². The van der Waals surface area contributed by atoms with E-state index in [2.05, 4.69) is 42.9 Å². The van der Waals surface area contributed by atoms with Crippen molar-refractivity contribution in [1.29, 1.82) is 0 Å². The quantitative estimate of drug-likeness (QED) is 0.917. The highest BCUT2D eigenvalue weighted by atomic mass is 79.9. The molecule has 0 amide bonds. The van der Waals surface area contributed by atoms with E-state index in [-0.39, 0.29) is 0 Å². The lowest BCUT2D eigenvalue weighted by Gasteiger charge is -2.11. The first-order valence-corrected chi connectivity index (χ1v) is 6.77. The predicted octanol–water partition coefficient (Wildman–Crippen LogP) is 2.25. The molecule has 0 unspecified atom stereocenters. The summed E-state index contributed by atoms with van der Waals surface area (Å²) < 4.78 is 6.60. The summed E-state index contributed by atoms with van der Waals surface area (Å²) in [4.78, 5) is 3.18. The Morgan fingerprint density at radius 3 is 3.00 bits per heavy atom. The van der Waals surface area contributed by atoms with E-state index in [1.165, 1.54) is 4.88 Å². The maximum absolute atomic E-state index is 5.50. The minimum atomic E-state index is 0.541. The van der Waals surface area contributed by atoms with Crippen LogP contribution in [0.15, 0.2) is 20.3 Å². The van der Waals surface area contributed by atoms with Crippen molar-refractivity contribution in [3.63, 3.8) is 0 Å². The second-order valence-electron chi connectivity index (χ2n) is 3.60. The number of aromatic nitrogens is 2. The molecule has 7 heteroatoms. The van der Waals surface area contributed by atoms with E-state index >= 15 is 0 Å². The number of thiophene rings is 1. The molecule has 0 aliphatic carbocycles. The molecule has 0 spiro atoms. The third-order valence-electron chi connectivity index (χ3n) is 2.13. The summed E-state index contributed by atoms with van der Waals surface area (Å²) in [5.74, 6) is 0.599. The highest BCUT2D eigenvalue weighted by Crippen LogP contribution is 2.22. The first-order chi connectivity index (χ1) is 8.19. The second kappa shape index (κ2) is 5.61. The lowest BCUT2D eigenvalue weighted by Crippen LogP contribution is -2.15. The van der Waals surface area contributed by atoms with Gasteiger partial charge >= 0.3 is 6.01 Å². The lowest BCUT2D eigenvalue weighted by atomic mass is 10.4. The van der Waals surface area contributed by atoms with Gasteiger partial charge in [0.15, 0.2) is 0 Å². The van der Waals surface area contributed by atoms with Gasteiger partial charge in [-0.15, -0.1) is 16.4 Å². The lowest BCUT2D eigenvalue weighted by molar-refractivity contribution is 0.476. The van der Waals surface area contributed by atoms with Gasteiger partial charge in [0.2, 0.25) is 5.89 Å². The smallest absolute Gasteiger partial charge is 0.318 e. The van der Waals surface area contributed by atoms with E-state index in [0.717, 1.165) is 11.0 Å². The third kappa shape index (κ3) is 3.27. The zero-order chi connectivity index (χ0) is 12.3. The molecule has 2 heterocycles. The molecular formula is C10H13BrN4OS. The van der Waals surface area contributed by atoms with Crippen LogP contribution in [0.25, 0.3) is 0 Å². The van der Waals surface area contributed by atoms with Crippen LogP contribution in [0.3, 0.4) is 0 Å². The molecule has 2 aromatic rings. The number of halogens is 1. The van der Waals surface area contributed by atoms with Crippen molar-refractivity contribution in [2.24, 2.45) is 0 Å². The zero-order valence-corrected chi connectivity index (χ0v) is 12.0. The van der Waals surface area contributed by atoms with Crippen LogP contribution >= 0.6 is 27.3 Å². The molecule has 0 atom stereocenters. The molecular weight excluding hydrogens is 304 g/mol. The Kier molecular flexibility index (Phi) is 4.14. The van der Waals surface area contributed by atoms with Crippen LogP contribution in [0, 0.1) is 0 Å². The molecule has 0 aromatic carbocycles. The first-order valence-electron chi connectivity index (χ1n) is 5.10. The summed E-state index contributed by atoms with van der Waals surface area (Å²) in [6.07, 6.45) is 0. The van der Waals surface area contributed by atoms with Gasteiger partial charge in [-0.25, -0.2) is 0 Å². The van der Waals surface area contributed by atoms with Gasteiger partial charge < -0.3 is 14.6 Å². The molecule has 0 saturated heterocycles. The van der Waals surface area contributed by atoms with E-state index in [1.54, 1.807) is 11.3 Å². The number of nitrogens with zero attached hydrogens (tertiary/aromatic N) is 3. The fraction of sp³-hybridized carbons (Fsp3) is 0.400. The Balaban J connectivity index is 2.01. The minimum Gasteiger partial charge on any atom is -0.407 e. The molecule has 2 aromatic heterocycles. The Labute approximate surface area is 112 Å². The maximum Gasteiger partial charge on any atom is 0.318 e. The molecule has 0 bridgehead atoms. The zero-order valence-electron chi connectivity index (χ0n) is 9.61. The number of hydrogen-bond acceptors (Lipinski definition) is 6. The minimum absolute atomic E-state index is 0.541. The summed E-state index contributed by atoms with van der Waals surface area (Å²) in [5.41, 5.74) is 0. The molecule has 0 fully saturated rings. The van der Waals surface area contributed by atoms with Gasteiger partial charge in [-0.1, -0.05) is 5.10 Å². The van der Waals surface area contributed by atoms with Gasteiger partial charge in [0, 0.05) is 21.8 Å². The van der Waals surface area contributed by atoms with Crippen molar-refractivity contribution in [2.75, 3.05) is 19.0 Å². The van der Waals surface area contributed by atoms with Crippen LogP contribution in [-0.2, 0) is 13.1 Å². The van der Waals surface area contributed by atoms with Crippen molar-refractivity contribution in [2.45, 2.75) is 13.1 Å². The number of nitrogens with one attached hydrogen (secondary N) is 1. The van der Waals surface area contributed by atoms with Crippen LogP contribution in [0.4, 0.5) is 6.01 Å². The summed E-state index contributed by atoms with van der Waals surface area (Å²) in [5, 5.41) is 13.0. The van der Waals surface area contributed by atoms with Gasteiger partial charge in [-0.2, -0.15) is 0 Å². The van der Waals surface area contributed by atoms with Crippen molar-refractivity contribution < 1.29 is 4.42 Å². The van der Waals surface area contributed by atoms with Crippen LogP contribution in [0.2, 0.25) is 0 Å². The van der Waals surface area contributed by atoms with Gasteiger partial charge in [0.05, 0.1) is 13.1 Å². The summed E-state index contributed by atoms with van der Waals surface area (Å²) in [7, 11) is 3.78. The normalized spacial score (nSPS) is 10.8. The van der Waals surface area contributed by atoms with Gasteiger partial charge in [0.25, 0.3) is 0 Å². The van der Waals surface area contributed by atoms with Crippen LogP contribution in [0.1, 0.15) is 10.8 Å². The average Bonchev–Trinajstić information content (AvgIpc) is 2.88. The Morgan fingerprint density at radius 1 is 1.53 bits per heavy atom. The summed E-state index contributed by atoms with van der Waals surface area (Å²) >= 11 is 5.13. The number of hydrogen-bond donors (Lipinski definition) is 1.